The SMILES string of the molecule is CC(=CC(=O)NC(C)CCc1ccccc1)C1CC1. The Bertz CT molecular complexity index is 446. The zero-order chi connectivity index (χ0) is 13.7. The van der Waals surface area contributed by atoms with Crippen molar-refractivity contribution in [3.63, 3.8) is 0 Å². The first-order valence-electron chi connectivity index (χ1n) is 7.18. The monoisotopic (exact) mass is 257 g/mol. The molecule has 1 unspecified atom stereocenters. The fourth-order valence-electron chi connectivity index (χ4n) is 2.25. The number of carbonyl (C=O) groups is 1. The summed E-state index contributed by atoms with van der Waals surface area (Å²) < 4.78 is 0. The minimum Gasteiger partial charge on any atom is -0.350 e. The number of nitrogens with one attached hydrogen (secondary N) is 1. The minimum atomic E-state index is 0.0601. The second-order valence-corrected chi connectivity index (χ2v) is 5.60. The van der Waals surface area contributed by atoms with Crippen molar-refractivity contribution in [1.82, 2.24) is 5.32 Å². The summed E-state index contributed by atoms with van der Waals surface area (Å²) in [4.78, 5) is 11.8. The van der Waals surface area contributed by atoms with Crippen LogP contribution in [0.4, 0.5) is 0 Å². The van der Waals surface area contributed by atoms with E-state index >= 15 is 0 Å². The first-order valence-corrected chi connectivity index (χ1v) is 7.18. The topological polar surface area (TPSA) is 29.1 Å². The Balaban J connectivity index is 1.73. The van der Waals surface area contributed by atoms with Crippen LogP contribution < -0.4 is 5.32 Å². The maximum atomic E-state index is 11.8. The van der Waals surface area contributed by atoms with Gasteiger partial charge in [0, 0.05) is 12.1 Å². The fraction of sp³-hybridized carbons (Fsp3) is 0.471. The van der Waals surface area contributed by atoms with Crippen LogP contribution in [0.2, 0.25) is 0 Å². The van der Waals surface area contributed by atoms with E-state index < -0.39 is 0 Å². The molecule has 1 aromatic rings. The molecule has 0 spiro atoms. The molecule has 2 rings (SSSR count). The van der Waals surface area contributed by atoms with Crippen molar-refractivity contribution >= 4 is 5.91 Å². The number of amides is 1. The highest BCUT2D eigenvalue weighted by atomic mass is 16.1. The van der Waals surface area contributed by atoms with Crippen LogP contribution in [0.5, 0.6) is 0 Å². The largest absolute Gasteiger partial charge is 0.350 e. The third-order valence-electron chi connectivity index (χ3n) is 3.68. The molecule has 0 aliphatic heterocycles. The third-order valence-corrected chi connectivity index (χ3v) is 3.68. The first kappa shape index (κ1) is 13.9. The fourth-order valence-corrected chi connectivity index (χ4v) is 2.25. The van der Waals surface area contributed by atoms with Crippen molar-refractivity contribution in [1.29, 1.82) is 0 Å². The highest BCUT2D eigenvalue weighted by molar-refractivity contribution is 5.88. The molecule has 19 heavy (non-hydrogen) atoms. The van der Waals surface area contributed by atoms with E-state index in [4.69, 9.17) is 0 Å². The van der Waals surface area contributed by atoms with Crippen molar-refractivity contribution in [3.05, 3.63) is 47.5 Å². The van der Waals surface area contributed by atoms with Gasteiger partial charge in [0.2, 0.25) is 5.91 Å². The van der Waals surface area contributed by atoms with Gasteiger partial charge in [-0.2, -0.15) is 0 Å². The van der Waals surface area contributed by atoms with Crippen LogP contribution >= 0.6 is 0 Å². The van der Waals surface area contributed by atoms with Gasteiger partial charge in [-0.3, -0.25) is 4.79 Å². The van der Waals surface area contributed by atoms with E-state index in [0.29, 0.717) is 5.92 Å². The summed E-state index contributed by atoms with van der Waals surface area (Å²) >= 11 is 0. The zero-order valence-electron chi connectivity index (χ0n) is 11.9. The second-order valence-electron chi connectivity index (χ2n) is 5.60. The van der Waals surface area contributed by atoms with Gasteiger partial charge >= 0.3 is 0 Å². The zero-order valence-corrected chi connectivity index (χ0v) is 11.9. The standard InChI is InChI=1S/C17H23NO/c1-13(16-10-11-16)12-17(19)18-14(2)8-9-15-6-4-3-5-7-15/h3-7,12,14,16H,8-11H2,1-2H3,(H,18,19). The summed E-state index contributed by atoms with van der Waals surface area (Å²) in [6.45, 7) is 4.13. The van der Waals surface area contributed by atoms with Crippen molar-refractivity contribution in [2.24, 2.45) is 5.92 Å². The van der Waals surface area contributed by atoms with Gasteiger partial charge in [0.15, 0.2) is 0 Å². The number of aryl methyl sites for hydroxylation is 1. The molecule has 1 atom stereocenters. The Morgan fingerprint density at radius 2 is 2.05 bits per heavy atom. The van der Waals surface area contributed by atoms with Gasteiger partial charge < -0.3 is 5.32 Å². The molecule has 0 saturated heterocycles. The van der Waals surface area contributed by atoms with Gasteiger partial charge in [-0.05, 0) is 51.0 Å². The molecule has 1 N–H and O–H groups in total. The van der Waals surface area contributed by atoms with Crippen LogP contribution in [-0.2, 0) is 11.2 Å². The molecule has 1 aromatic carbocycles. The number of rotatable bonds is 6. The molecular formula is C17H23NO. The molecular weight excluding hydrogens is 234 g/mol. The van der Waals surface area contributed by atoms with Crippen molar-refractivity contribution in [3.8, 4) is 0 Å². The Labute approximate surface area is 115 Å². The smallest absolute Gasteiger partial charge is 0.244 e. The van der Waals surface area contributed by atoms with Crippen LogP contribution in [0, 0.1) is 5.92 Å². The third kappa shape index (κ3) is 4.90. The quantitative estimate of drug-likeness (QED) is 0.777. The lowest BCUT2D eigenvalue weighted by molar-refractivity contribution is -0.117. The van der Waals surface area contributed by atoms with E-state index in [0.717, 1.165) is 12.8 Å². The summed E-state index contributed by atoms with van der Waals surface area (Å²) in [7, 11) is 0. The number of benzene rings is 1. The predicted molar refractivity (Wildman–Crippen MR) is 78.8 cm³/mol. The van der Waals surface area contributed by atoms with Gasteiger partial charge in [-0.1, -0.05) is 35.9 Å². The lowest BCUT2D eigenvalue weighted by atomic mass is 10.1. The van der Waals surface area contributed by atoms with Crippen LogP contribution in [0.15, 0.2) is 42.0 Å². The van der Waals surface area contributed by atoms with Gasteiger partial charge in [0.05, 0.1) is 0 Å². The maximum absolute atomic E-state index is 11.8. The molecule has 2 heteroatoms. The molecule has 0 aromatic heterocycles. The maximum Gasteiger partial charge on any atom is 0.244 e. The van der Waals surface area contributed by atoms with E-state index in [1.165, 1.54) is 24.0 Å². The minimum absolute atomic E-state index is 0.0601. The van der Waals surface area contributed by atoms with Gasteiger partial charge in [0.1, 0.15) is 0 Å². The van der Waals surface area contributed by atoms with E-state index in [2.05, 4.69) is 43.4 Å². The molecule has 2 nitrogen and oxygen atoms in total. The Morgan fingerprint density at radius 1 is 1.37 bits per heavy atom. The molecule has 1 aliphatic rings. The summed E-state index contributed by atoms with van der Waals surface area (Å²) in [6.07, 6.45) is 6.26. The molecule has 0 heterocycles. The first-order chi connectivity index (χ1) is 9.15. The normalized spacial score (nSPS) is 17.1. The average molecular weight is 257 g/mol. The predicted octanol–water partition coefficient (Wildman–Crippen LogP) is 3.48. The Morgan fingerprint density at radius 3 is 2.68 bits per heavy atom. The van der Waals surface area contributed by atoms with E-state index in [-0.39, 0.29) is 11.9 Å². The molecule has 1 amide bonds. The van der Waals surface area contributed by atoms with E-state index in [1.54, 1.807) is 6.08 Å². The molecule has 0 bridgehead atoms. The lowest BCUT2D eigenvalue weighted by Gasteiger charge is -2.12. The Kier molecular flexibility index (Phi) is 4.78. The van der Waals surface area contributed by atoms with Gasteiger partial charge in [-0.25, -0.2) is 0 Å². The number of carbonyl (C=O) groups excluding carboxylic acids is 1. The summed E-state index contributed by atoms with van der Waals surface area (Å²) in [6, 6.07) is 10.6. The summed E-state index contributed by atoms with van der Waals surface area (Å²) in [5.41, 5.74) is 2.56. The molecule has 1 fully saturated rings. The summed E-state index contributed by atoms with van der Waals surface area (Å²) in [5.74, 6) is 0.732. The average Bonchev–Trinajstić information content (AvgIpc) is 3.21. The van der Waals surface area contributed by atoms with Crippen LogP contribution in [0.3, 0.4) is 0 Å². The molecule has 0 radical (unpaired) electrons. The van der Waals surface area contributed by atoms with Crippen LogP contribution in [0.1, 0.15) is 38.7 Å². The van der Waals surface area contributed by atoms with E-state index in [9.17, 15) is 4.79 Å². The number of hydrogen-bond donors (Lipinski definition) is 1. The van der Waals surface area contributed by atoms with Gasteiger partial charge in [0.25, 0.3) is 0 Å². The van der Waals surface area contributed by atoms with E-state index in [1.807, 2.05) is 6.07 Å². The van der Waals surface area contributed by atoms with Crippen molar-refractivity contribution < 1.29 is 4.79 Å². The Hall–Kier alpha value is -1.57. The highest BCUT2D eigenvalue weighted by Gasteiger charge is 2.23. The number of allylic oxidation sites excluding steroid dienone is 1. The highest BCUT2D eigenvalue weighted by Crippen LogP contribution is 2.35. The van der Waals surface area contributed by atoms with Gasteiger partial charge in [-0.15, -0.1) is 0 Å². The van der Waals surface area contributed by atoms with Crippen LogP contribution in [-0.4, -0.2) is 11.9 Å². The van der Waals surface area contributed by atoms with Crippen LogP contribution in [0.25, 0.3) is 0 Å². The second kappa shape index (κ2) is 6.55. The summed E-state index contributed by atoms with van der Waals surface area (Å²) in [5, 5.41) is 3.05. The van der Waals surface area contributed by atoms with Crippen molar-refractivity contribution in [2.45, 2.75) is 45.6 Å². The number of hydrogen-bond acceptors (Lipinski definition) is 1. The molecule has 102 valence electrons. The van der Waals surface area contributed by atoms with Crippen molar-refractivity contribution in [2.75, 3.05) is 0 Å². The molecule has 1 aliphatic carbocycles. The molecule has 1 saturated carbocycles. The lowest BCUT2D eigenvalue weighted by Crippen LogP contribution is -2.31.